The van der Waals surface area contributed by atoms with Gasteiger partial charge in [-0.15, -0.1) is 0 Å². The third kappa shape index (κ3) is 2.40. The molecule has 3 nitrogen and oxygen atoms in total. The summed E-state index contributed by atoms with van der Waals surface area (Å²) in [6, 6.07) is 0. The first-order chi connectivity index (χ1) is 7.53. The second-order valence-corrected chi connectivity index (χ2v) is 5.91. The minimum atomic E-state index is -0.646. The molecular formula is C13H23NO2. The Morgan fingerprint density at radius 3 is 2.50 bits per heavy atom. The van der Waals surface area contributed by atoms with Gasteiger partial charge in [0.15, 0.2) is 0 Å². The van der Waals surface area contributed by atoms with Gasteiger partial charge in [0, 0.05) is 0 Å². The van der Waals surface area contributed by atoms with Crippen LogP contribution in [0.1, 0.15) is 46.0 Å². The Kier molecular flexibility index (Phi) is 3.24. The molecule has 0 aromatic carbocycles. The van der Waals surface area contributed by atoms with E-state index in [2.05, 4.69) is 19.2 Å². The number of rotatable bonds is 4. The van der Waals surface area contributed by atoms with Crippen LogP contribution in [0.3, 0.4) is 0 Å². The van der Waals surface area contributed by atoms with Crippen LogP contribution >= 0.6 is 0 Å². The highest BCUT2D eigenvalue weighted by Gasteiger charge is 2.44. The molecule has 2 saturated carbocycles. The standard InChI is InChI=1S/C13H23NO2/c1-9-5-6-13(12(15)16,7-10(9)2)14-8-11-3-4-11/h9-11,14H,3-8H2,1-2H3,(H,15,16). The van der Waals surface area contributed by atoms with Crippen molar-refractivity contribution < 1.29 is 9.90 Å². The molecule has 0 amide bonds. The summed E-state index contributed by atoms with van der Waals surface area (Å²) in [6.45, 7) is 5.31. The average Bonchev–Trinajstić information content (AvgIpc) is 3.03. The van der Waals surface area contributed by atoms with Crippen molar-refractivity contribution in [3.8, 4) is 0 Å². The Hall–Kier alpha value is -0.570. The maximum Gasteiger partial charge on any atom is 0.323 e. The summed E-state index contributed by atoms with van der Waals surface area (Å²) in [5.74, 6) is 1.27. The zero-order valence-electron chi connectivity index (χ0n) is 10.3. The van der Waals surface area contributed by atoms with Gasteiger partial charge in [0.05, 0.1) is 0 Å². The quantitative estimate of drug-likeness (QED) is 0.771. The Labute approximate surface area is 97.6 Å². The molecule has 2 fully saturated rings. The molecule has 0 aromatic rings. The van der Waals surface area contributed by atoms with Gasteiger partial charge in [-0.05, 0) is 56.4 Å². The molecule has 92 valence electrons. The summed E-state index contributed by atoms with van der Waals surface area (Å²) >= 11 is 0. The summed E-state index contributed by atoms with van der Waals surface area (Å²) in [7, 11) is 0. The van der Waals surface area contributed by atoms with Crippen molar-refractivity contribution in [1.82, 2.24) is 5.32 Å². The van der Waals surface area contributed by atoms with Crippen LogP contribution in [0.2, 0.25) is 0 Å². The molecule has 2 aliphatic rings. The van der Waals surface area contributed by atoms with Crippen LogP contribution in [0.15, 0.2) is 0 Å². The molecule has 2 rings (SSSR count). The maximum absolute atomic E-state index is 11.5. The van der Waals surface area contributed by atoms with E-state index in [1.54, 1.807) is 0 Å². The van der Waals surface area contributed by atoms with E-state index in [0.29, 0.717) is 11.8 Å². The molecular weight excluding hydrogens is 202 g/mol. The zero-order chi connectivity index (χ0) is 11.8. The van der Waals surface area contributed by atoms with E-state index in [-0.39, 0.29) is 0 Å². The predicted octanol–water partition coefficient (Wildman–Crippen LogP) is 2.27. The largest absolute Gasteiger partial charge is 0.480 e. The molecule has 0 aliphatic heterocycles. The van der Waals surface area contributed by atoms with Crippen molar-refractivity contribution in [1.29, 1.82) is 0 Å². The van der Waals surface area contributed by atoms with Crippen LogP contribution in [0.4, 0.5) is 0 Å². The van der Waals surface area contributed by atoms with Crippen molar-refractivity contribution in [2.24, 2.45) is 17.8 Å². The molecule has 16 heavy (non-hydrogen) atoms. The zero-order valence-corrected chi connectivity index (χ0v) is 10.3. The van der Waals surface area contributed by atoms with E-state index in [0.717, 1.165) is 31.7 Å². The first kappa shape index (κ1) is 11.9. The van der Waals surface area contributed by atoms with Crippen LogP contribution in [0.25, 0.3) is 0 Å². The van der Waals surface area contributed by atoms with Gasteiger partial charge in [0.2, 0.25) is 0 Å². The van der Waals surface area contributed by atoms with Gasteiger partial charge in [0.25, 0.3) is 0 Å². The third-order valence-corrected chi connectivity index (χ3v) is 4.50. The normalized spacial score (nSPS) is 39.6. The van der Waals surface area contributed by atoms with E-state index >= 15 is 0 Å². The smallest absolute Gasteiger partial charge is 0.323 e. The molecule has 0 aromatic heterocycles. The van der Waals surface area contributed by atoms with Gasteiger partial charge < -0.3 is 10.4 Å². The summed E-state index contributed by atoms with van der Waals surface area (Å²) in [6.07, 6.45) is 5.16. The molecule has 3 unspecified atom stereocenters. The molecule has 3 atom stereocenters. The van der Waals surface area contributed by atoms with Crippen molar-refractivity contribution in [2.45, 2.75) is 51.5 Å². The minimum Gasteiger partial charge on any atom is -0.480 e. The van der Waals surface area contributed by atoms with Crippen molar-refractivity contribution in [3.63, 3.8) is 0 Å². The topological polar surface area (TPSA) is 49.3 Å². The predicted molar refractivity (Wildman–Crippen MR) is 63.3 cm³/mol. The Morgan fingerprint density at radius 1 is 1.31 bits per heavy atom. The van der Waals surface area contributed by atoms with E-state index in [1.165, 1.54) is 12.8 Å². The summed E-state index contributed by atoms with van der Waals surface area (Å²) in [5, 5.41) is 12.8. The maximum atomic E-state index is 11.5. The summed E-state index contributed by atoms with van der Waals surface area (Å²) in [4.78, 5) is 11.5. The van der Waals surface area contributed by atoms with Crippen molar-refractivity contribution in [3.05, 3.63) is 0 Å². The van der Waals surface area contributed by atoms with Crippen LogP contribution < -0.4 is 5.32 Å². The van der Waals surface area contributed by atoms with Gasteiger partial charge in [-0.25, -0.2) is 0 Å². The molecule has 3 heteroatoms. The number of carboxylic acid groups (broad SMARTS) is 1. The molecule has 0 radical (unpaired) electrons. The van der Waals surface area contributed by atoms with E-state index in [4.69, 9.17) is 0 Å². The fourth-order valence-electron chi connectivity index (χ4n) is 2.70. The number of hydrogen-bond donors (Lipinski definition) is 2. The fraction of sp³-hybridized carbons (Fsp3) is 0.923. The molecule has 0 saturated heterocycles. The average molecular weight is 225 g/mol. The number of carbonyl (C=O) groups is 1. The van der Waals surface area contributed by atoms with Crippen LogP contribution in [-0.2, 0) is 4.79 Å². The molecule has 2 N–H and O–H groups in total. The van der Waals surface area contributed by atoms with Crippen LogP contribution in [0, 0.1) is 17.8 Å². The highest BCUT2D eigenvalue weighted by Crippen LogP contribution is 2.37. The molecule has 0 bridgehead atoms. The van der Waals surface area contributed by atoms with Gasteiger partial charge >= 0.3 is 5.97 Å². The number of carboxylic acids is 1. The van der Waals surface area contributed by atoms with Gasteiger partial charge in [0.1, 0.15) is 5.54 Å². The Balaban J connectivity index is 1.99. The monoisotopic (exact) mass is 225 g/mol. The van der Waals surface area contributed by atoms with Gasteiger partial charge in [-0.1, -0.05) is 13.8 Å². The molecule has 2 aliphatic carbocycles. The SMILES string of the molecule is CC1CCC(NCC2CC2)(C(=O)O)CC1C. The molecule has 0 heterocycles. The lowest BCUT2D eigenvalue weighted by molar-refractivity contribution is -0.147. The summed E-state index contributed by atoms with van der Waals surface area (Å²) < 4.78 is 0. The Morgan fingerprint density at radius 2 is 2.00 bits per heavy atom. The number of hydrogen-bond acceptors (Lipinski definition) is 2. The van der Waals surface area contributed by atoms with E-state index in [9.17, 15) is 9.90 Å². The number of aliphatic carboxylic acids is 1. The van der Waals surface area contributed by atoms with E-state index in [1.807, 2.05) is 0 Å². The highest BCUT2D eigenvalue weighted by atomic mass is 16.4. The lowest BCUT2D eigenvalue weighted by Crippen LogP contribution is -2.56. The fourth-order valence-corrected chi connectivity index (χ4v) is 2.70. The van der Waals surface area contributed by atoms with E-state index < -0.39 is 11.5 Å². The lowest BCUT2D eigenvalue weighted by atomic mass is 9.71. The van der Waals surface area contributed by atoms with Gasteiger partial charge in [-0.2, -0.15) is 0 Å². The third-order valence-electron chi connectivity index (χ3n) is 4.50. The summed E-state index contributed by atoms with van der Waals surface area (Å²) in [5.41, 5.74) is -0.630. The van der Waals surface area contributed by atoms with Crippen LogP contribution in [0.5, 0.6) is 0 Å². The lowest BCUT2D eigenvalue weighted by Gasteiger charge is -2.40. The highest BCUT2D eigenvalue weighted by molar-refractivity contribution is 5.79. The first-order valence-corrected chi connectivity index (χ1v) is 6.52. The minimum absolute atomic E-state index is 0.511. The number of nitrogens with one attached hydrogen (secondary N) is 1. The van der Waals surface area contributed by atoms with Gasteiger partial charge in [-0.3, -0.25) is 4.79 Å². The second kappa shape index (κ2) is 4.36. The second-order valence-electron chi connectivity index (χ2n) is 5.91. The van der Waals surface area contributed by atoms with Crippen LogP contribution in [-0.4, -0.2) is 23.2 Å². The molecule has 0 spiro atoms. The first-order valence-electron chi connectivity index (χ1n) is 6.52. The Bertz CT molecular complexity index is 275. The van der Waals surface area contributed by atoms with Crippen molar-refractivity contribution >= 4 is 5.97 Å². The van der Waals surface area contributed by atoms with Crippen molar-refractivity contribution in [2.75, 3.05) is 6.54 Å².